The van der Waals surface area contributed by atoms with Crippen molar-refractivity contribution in [1.82, 2.24) is 0 Å². The van der Waals surface area contributed by atoms with E-state index in [-0.39, 0.29) is 12.2 Å². The maximum atomic E-state index is 5.65. The molecule has 0 spiro atoms. The predicted molar refractivity (Wildman–Crippen MR) is 43.0 cm³/mol. The van der Waals surface area contributed by atoms with Gasteiger partial charge < -0.3 is 22.9 Å². The Hall–Kier alpha value is -0.160. The van der Waals surface area contributed by atoms with Crippen molar-refractivity contribution < 1.29 is 0 Å². The molecule has 4 nitrogen and oxygen atoms in total. The molecule has 0 aromatic heterocycles. The fraction of sp³-hybridized carbons (Fsp3) is 1.00. The average Bonchev–Trinajstić information content (AvgIpc) is 1.82. The smallest absolute Gasteiger partial charge is 0.0535 e. The van der Waals surface area contributed by atoms with Crippen LogP contribution in [0.5, 0.6) is 0 Å². The molecule has 0 aliphatic rings. The van der Waals surface area contributed by atoms with Gasteiger partial charge in [0.05, 0.1) is 6.17 Å². The van der Waals surface area contributed by atoms with Crippen molar-refractivity contribution >= 4 is 0 Å². The van der Waals surface area contributed by atoms with E-state index in [0.29, 0.717) is 13.0 Å². The van der Waals surface area contributed by atoms with Crippen LogP contribution in [-0.4, -0.2) is 18.8 Å². The van der Waals surface area contributed by atoms with Gasteiger partial charge in [0.2, 0.25) is 0 Å². The molecule has 0 heterocycles. The van der Waals surface area contributed by atoms with E-state index in [2.05, 4.69) is 0 Å². The number of nitrogens with two attached hydrogens (primary N) is 4. The predicted octanol–water partition coefficient (Wildman–Crippen LogP) is -1.31. The largest absolute Gasteiger partial charge is 0.330 e. The van der Waals surface area contributed by atoms with Gasteiger partial charge in [-0.25, -0.2) is 0 Å². The van der Waals surface area contributed by atoms with Crippen LogP contribution in [0.3, 0.4) is 0 Å². The van der Waals surface area contributed by atoms with Crippen molar-refractivity contribution in [2.45, 2.75) is 31.5 Å². The maximum absolute atomic E-state index is 5.65. The summed E-state index contributed by atoms with van der Waals surface area (Å²) in [5.41, 5.74) is 21.6. The first-order chi connectivity index (χ1) is 4.66. The molecular formula is C6H18N4. The fourth-order valence-corrected chi connectivity index (χ4v) is 0.847. The normalized spacial score (nSPS) is 14.1. The second-order valence-corrected chi connectivity index (χ2v) is 2.59. The van der Waals surface area contributed by atoms with E-state index >= 15 is 0 Å². The minimum absolute atomic E-state index is 0.114. The Labute approximate surface area is 61.9 Å². The Kier molecular flexibility index (Phi) is 5.52. The van der Waals surface area contributed by atoms with Gasteiger partial charge in [-0.1, -0.05) is 0 Å². The van der Waals surface area contributed by atoms with Gasteiger partial charge in [0, 0.05) is 6.04 Å². The summed E-state index contributed by atoms with van der Waals surface area (Å²) in [5, 5.41) is 0. The van der Waals surface area contributed by atoms with Crippen LogP contribution in [0, 0.1) is 0 Å². The molecule has 1 atom stereocenters. The molecule has 0 bridgehead atoms. The third kappa shape index (κ3) is 5.97. The van der Waals surface area contributed by atoms with Crippen LogP contribution in [0.15, 0.2) is 0 Å². The van der Waals surface area contributed by atoms with Gasteiger partial charge >= 0.3 is 0 Å². The van der Waals surface area contributed by atoms with Crippen LogP contribution in [0.4, 0.5) is 0 Å². The molecule has 0 amide bonds. The van der Waals surface area contributed by atoms with Gasteiger partial charge in [0.1, 0.15) is 0 Å². The monoisotopic (exact) mass is 146 g/mol. The maximum Gasteiger partial charge on any atom is 0.0535 e. The zero-order chi connectivity index (χ0) is 7.98. The topological polar surface area (TPSA) is 104 Å². The molecule has 0 aromatic carbocycles. The highest BCUT2D eigenvalue weighted by atomic mass is 14.9. The van der Waals surface area contributed by atoms with E-state index in [1.807, 2.05) is 0 Å². The Bertz CT molecular complexity index is 74.1. The van der Waals surface area contributed by atoms with E-state index in [1.54, 1.807) is 0 Å². The van der Waals surface area contributed by atoms with Crippen molar-refractivity contribution in [2.24, 2.45) is 22.9 Å². The lowest BCUT2D eigenvalue weighted by Crippen LogP contribution is -2.37. The fourth-order valence-electron chi connectivity index (χ4n) is 0.847. The zero-order valence-electron chi connectivity index (χ0n) is 6.29. The highest BCUT2D eigenvalue weighted by Gasteiger charge is 2.03. The molecule has 0 radical (unpaired) electrons. The van der Waals surface area contributed by atoms with Crippen molar-refractivity contribution in [3.8, 4) is 0 Å². The molecule has 0 saturated carbocycles. The second kappa shape index (κ2) is 5.61. The van der Waals surface area contributed by atoms with Gasteiger partial charge in [0.25, 0.3) is 0 Å². The Balaban J connectivity index is 3.16. The summed E-state index contributed by atoms with van der Waals surface area (Å²) >= 11 is 0. The van der Waals surface area contributed by atoms with Crippen LogP contribution in [0.25, 0.3) is 0 Å². The number of rotatable bonds is 5. The Morgan fingerprint density at radius 3 is 2.10 bits per heavy atom. The summed E-state index contributed by atoms with van der Waals surface area (Å²) in [6.07, 6.45) is 2.27. The summed E-state index contributed by atoms with van der Waals surface area (Å²) in [4.78, 5) is 0. The second-order valence-electron chi connectivity index (χ2n) is 2.59. The Morgan fingerprint density at radius 1 is 1.10 bits per heavy atom. The molecule has 8 N–H and O–H groups in total. The molecule has 0 rings (SSSR count). The first kappa shape index (κ1) is 9.84. The van der Waals surface area contributed by atoms with Crippen LogP contribution in [-0.2, 0) is 0 Å². The lowest BCUT2D eigenvalue weighted by atomic mass is 10.1. The van der Waals surface area contributed by atoms with Crippen molar-refractivity contribution in [1.29, 1.82) is 0 Å². The third-order valence-electron chi connectivity index (χ3n) is 1.35. The summed E-state index contributed by atoms with van der Waals surface area (Å²) in [6, 6.07) is 0.114. The lowest BCUT2D eigenvalue weighted by molar-refractivity contribution is 0.495. The highest BCUT2D eigenvalue weighted by Crippen LogP contribution is 1.97. The average molecular weight is 146 g/mol. The van der Waals surface area contributed by atoms with E-state index in [1.165, 1.54) is 0 Å². The van der Waals surface area contributed by atoms with Gasteiger partial charge in [-0.2, -0.15) is 0 Å². The van der Waals surface area contributed by atoms with E-state index in [9.17, 15) is 0 Å². The minimum Gasteiger partial charge on any atom is -0.330 e. The van der Waals surface area contributed by atoms with E-state index < -0.39 is 0 Å². The lowest BCUT2D eigenvalue weighted by Gasteiger charge is -2.12. The molecule has 1 unspecified atom stereocenters. The number of hydrogen-bond donors (Lipinski definition) is 4. The molecule has 0 saturated heterocycles. The molecule has 62 valence electrons. The van der Waals surface area contributed by atoms with Crippen molar-refractivity contribution in [3.05, 3.63) is 0 Å². The van der Waals surface area contributed by atoms with Crippen LogP contribution < -0.4 is 22.9 Å². The molecule has 10 heavy (non-hydrogen) atoms. The molecule has 0 aliphatic carbocycles. The SMILES string of the molecule is NCCCC(N)CC(N)N. The third-order valence-corrected chi connectivity index (χ3v) is 1.35. The summed E-state index contributed by atoms with van der Waals surface area (Å²) in [7, 11) is 0. The van der Waals surface area contributed by atoms with Crippen molar-refractivity contribution in [3.63, 3.8) is 0 Å². The molecule has 0 fully saturated rings. The highest BCUT2D eigenvalue weighted by molar-refractivity contribution is 4.65. The summed E-state index contributed by atoms with van der Waals surface area (Å²) in [5.74, 6) is 0. The van der Waals surface area contributed by atoms with Gasteiger partial charge in [0.15, 0.2) is 0 Å². The van der Waals surface area contributed by atoms with Crippen LogP contribution >= 0.6 is 0 Å². The van der Waals surface area contributed by atoms with E-state index in [4.69, 9.17) is 22.9 Å². The standard InChI is InChI=1S/C6H18N4/c7-3-1-2-5(8)4-6(9)10/h5-6H,1-4,7-10H2. The minimum atomic E-state index is -0.284. The Morgan fingerprint density at radius 2 is 1.70 bits per heavy atom. The summed E-state index contributed by atoms with van der Waals surface area (Å²) < 4.78 is 0. The molecular weight excluding hydrogens is 128 g/mol. The van der Waals surface area contributed by atoms with Gasteiger partial charge in [-0.3, -0.25) is 0 Å². The van der Waals surface area contributed by atoms with Crippen LogP contribution in [0.2, 0.25) is 0 Å². The first-order valence-electron chi connectivity index (χ1n) is 3.63. The molecule has 0 aromatic rings. The zero-order valence-corrected chi connectivity index (χ0v) is 6.29. The molecule has 4 heteroatoms. The first-order valence-corrected chi connectivity index (χ1v) is 3.63. The van der Waals surface area contributed by atoms with Gasteiger partial charge in [-0.05, 0) is 25.8 Å². The quantitative estimate of drug-likeness (QED) is 0.361. The molecule has 0 aliphatic heterocycles. The van der Waals surface area contributed by atoms with Crippen molar-refractivity contribution in [2.75, 3.05) is 6.54 Å². The summed E-state index contributed by atoms with van der Waals surface area (Å²) in [6.45, 7) is 0.688. The van der Waals surface area contributed by atoms with E-state index in [0.717, 1.165) is 12.8 Å². The van der Waals surface area contributed by atoms with Crippen LogP contribution in [0.1, 0.15) is 19.3 Å². The van der Waals surface area contributed by atoms with Gasteiger partial charge in [-0.15, -0.1) is 0 Å². The number of hydrogen-bond acceptors (Lipinski definition) is 4.